The molecule has 0 fully saturated rings. The molecule has 0 bridgehead atoms. The van der Waals surface area contributed by atoms with Gasteiger partial charge in [0.1, 0.15) is 0 Å². The number of rotatable bonds is 15. The third kappa shape index (κ3) is 6.53. The van der Waals surface area contributed by atoms with Crippen molar-refractivity contribution >= 4 is 20.6 Å². The van der Waals surface area contributed by atoms with E-state index in [-0.39, 0.29) is 0 Å². The zero-order valence-electron chi connectivity index (χ0n) is 18.4. The Kier molecular flexibility index (Phi) is 10.8. The minimum atomic E-state index is -8.36. The maximum atomic E-state index is 13.9. The number of hydrogen-bond donors (Lipinski definition) is 0. The Morgan fingerprint density at radius 2 is 0.865 bits per heavy atom. The van der Waals surface area contributed by atoms with Gasteiger partial charge in [0.2, 0.25) is 0 Å². The van der Waals surface area contributed by atoms with Gasteiger partial charge >= 0.3 is 55.8 Å². The summed E-state index contributed by atoms with van der Waals surface area (Å²) in [6, 6.07) is -0.894. The van der Waals surface area contributed by atoms with E-state index in [0.717, 1.165) is 21.3 Å². The molecule has 0 radical (unpaired) electrons. The fraction of sp³-hybridized carbons (Fsp3) is 1.00. The third-order valence-corrected chi connectivity index (χ3v) is 8.87. The van der Waals surface area contributed by atoms with Crippen molar-refractivity contribution in [3.63, 3.8) is 0 Å². The van der Waals surface area contributed by atoms with E-state index >= 15 is 0 Å². The fourth-order valence-corrected chi connectivity index (χ4v) is 5.50. The van der Waals surface area contributed by atoms with Gasteiger partial charge in [-0.25, -0.2) is 0 Å². The molecule has 0 aromatic carbocycles. The zero-order valence-corrected chi connectivity index (χ0v) is 20.2. The van der Waals surface area contributed by atoms with Gasteiger partial charge in [0.05, 0.1) is 0 Å². The quantitative estimate of drug-likeness (QED) is 0.140. The van der Waals surface area contributed by atoms with Crippen molar-refractivity contribution < 1.29 is 87.9 Å². The number of halogens is 17. The summed E-state index contributed by atoms with van der Waals surface area (Å²) >= 11 is -1.57. The van der Waals surface area contributed by atoms with Crippen LogP contribution >= 0.6 is 11.8 Å². The Morgan fingerprint density at radius 1 is 0.514 bits per heavy atom. The van der Waals surface area contributed by atoms with Crippen molar-refractivity contribution in [2.24, 2.45) is 0 Å². The number of alkyl halides is 17. The molecule has 37 heavy (non-hydrogen) atoms. The molecule has 0 spiro atoms. The molecule has 224 valence electrons. The zero-order chi connectivity index (χ0) is 30.2. The lowest BCUT2D eigenvalue weighted by Gasteiger charge is -2.42. The van der Waals surface area contributed by atoms with Crippen molar-refractivity contribution in [1.82, 2.24) is 0 Å². The summed E-state index contributed by atoms with van der Waals surface area (Å²) in [4.78, 5) is 0. The summed E-state index contributed by atoms with van der Waals surface area (Å²) in [7, 11) is -1.25. The number of hydrogen-bond acceptors (Lipinski definition) is 4. The largest absolute Gasteiger partial charge is 0.500 e. The highest BCUT2D eigenvalue weighted by atomic mass is 32.2. The lowest BCUT2D eigenvalue weighted by molar-refractivity contribution is -0.435. The summed E-state index contributed by atoms with van der Waals surface area (Å²) < 4.78 is 242. The number of thioether (sulfide) groups is 1. The highest BCUT2D eigenvalue weighted by molar-refractivity contribution is 8.00. The molecule has 0 aliphatic carbocycles. The third-order valence-electron chi connectivity index (χ3n) is 4.75. The maximum absolute atomic E-state index is 13.9. The molecule has 0 aromatic heterocycles. The Balaban J connectivity index is 6.25. The SMILES string of the molecule is CO[Si](CCSC(F)(F)C(F)(F)C(F)(F)C(F)(F)C(F)(F)C(F)(F)C(F)(F)CCC(F)(F)F)(OC)OC. The second kappa shape index (κ2) is 11.0. The van der Waals surface area contributed by atoms with Gasteiger partial charge in [-0.2, -0.15) is 74.6 Å². The summed E-state index contributed by atoms with van der Waals surface area (Å²) in [5.41, 5.74) is 0. The van der Waals surface area contributed by atoms with Gasteiger partial charge in [-0.05, 0) is 0 Å². The van der Waals surface area contributed by atoms with Crippen LogP contribution in [-0.4, -0.2) is 82.9 Å². The first-order chi connectivity index (χ1) is 16.1. The summed E-state index contributed by atoms with van der Waals surface area (Å²) in [6.07, 6.45) is -12.1. The fourth-order valence-electron chi connectivity index (χ4n) is 2.41. The molecular formula is C15H17F17O3SSi. The summed E-state index contributed by atoms with van der Waals surface area (Å²) in [5.74, 6) is -48.5. The van der Waals surface area contributed by atoms with Crippen LogP contribution in [0.1, 0.15) is 12.8 Å². The van der Waals surface area contributed by atoms with E-state index in [4.69, 9.17) is 0 Å². The smallest absolute Gasteiger partial charge is 0.377 e. The van der Waals surface area contributed by atoms with Crippen molar-refractivity contribution in [2.75, 3.05) is 27.1 Å². The normalized spacial score (nSPS) is 15.9. The summed E-state index contributed by atoms with van der Waals surface area (Å²) in [5, 5.41) is -6.44. The summed E-state index contributed by atoms with van der Waals surface area (Å²) in [6.45, 7) is 0. The molecule has 0 unspecified atom stereocenters. The molecule has 0 aliphatic heterocycles. The highest BCUT2D eigenvalue weighted by Gasteiger charge is 2.92. The van der Waals surface area contributed by atoms with Crippen LogP contribution in [0.3, 0.4) is 0 Å². The molecule has 22 heteroatoms. The molecule has 0 saturated heterocycles. The molecule has 3 nitrogen and oxygen atoms in total. The Morgan fingerprint density at radius 3 is 1.22 bits per heavy atom. The van der Waals surface area contributed by atoms with Crippen LogP contribution in [0.2, 0.25) is 6.04 Å². The van der Waals surface area contributed by atoms with E-state index in [2.05, 4.69) is 13.3 Å². The van der Waals surface area contributed by atoms with E-state index < -0.39 is 92.2 Å². The van der Waals surface area contributed by atoms with Gasteiger partial charge in [-0.3, -0.25) is 0 Å². The first-order valence-corrected chi connectivity index (χ1v) is 12.0. The van der Waals surface area contributed by atoms with Gasteiger partial charge in [-0.15, -0.1) is 0 Å². The Hall–Kier alpha value is -0.743. The van der Waals surface area contributed by atoms with E-state index in [0.29, 0.717) is 0 Å². The van der Waals surface area contributed by atoms with Gasteiger partial charge in [0.25, 0.3) is 0 Å². The Labute approximate surface area is 202 Å². The van der Waals surface area contributed by atoms with Crippen molar-refractivity contribution in [3.05, 3.63) is 0 Å². The topological polar surface area (TPSA) is 27.7 Å². The first kappa shape index (κ1) is 36.3. The van der Waals surface area contributed by atoms with Gasteiger partial charge in [0.15, 0.2) is 0 Å². The lowest BCUT2D eigenvalue weighted by atomic mass is 9.90. The van der Waals surface area contributed by atoms with Gasteiger partial charge in [-0.1, -0.05) is 11.8 Å². The van der Waals surface area contributed by atoms with Crippen molar-refractivity contribution in [2.45, 2.75) is 65.9 Å². The van der Waals surface area contributed by atoms with Gasteiger partial charge in [0, 0.05) is 46.0 Å². The molecule has 0 heterocycles. The molecule has 0 atom stereocenters. The minimum absolute atomic E-state index is 0.873. The molecular weight excluding hydrogens is 611 g/mol. The second-order valence-electron chi connectivity index (χ2n) is 7.10. The molecule has 0 saturated carbocycles. The van der Waals surface area contributed by atoms with Crippen LogP contribution in [0.25, 0.3) is 0 Å². The molecule has 0 rings (SSSR count). The molecule has 0 aliphatic rings. The van der Waals surface area contributed by atoms with Crippen molar-refractivity contribution in [3.8, 4) is 0 Å². The molecule has 0 N–H and O–H groups in total. The van der Waals surface area contributed by atoms with E-state index in [1.165, 1.54) is 0 Å². The molecule has 0 amide bonds. The predicted molar refractivity (Wildman–Crippen MR) is 94.0 cm³/mol. The van der Waals surface area contributed by atoms with Crippen LogP contribution in [-0.2, 0) is 13.3 Å². The highest BCUT2D eigenvalue weighted by Crippen LogP contribution is 2.64. The predicted octanol–water partition coefficient (Wildman–Crippen LogP) is 7.34. The maximum Gasteiger partial charge on any atom is 0.500 e. The Bertz CT molecular complexity index is 746. The second-order valence-corrected chi connectivity index (χ2v) is 11.4. The van der Waals surface area contributed by atoms with Crippen LogP contribution in [0.15, 0.2) is 0 Å². The van der Waals surface area contributed by atoms with Crippen LogP contribution in [0.4, 0.5) is 74.6 Å². The lowest BCUT2D eigenvalue weighted by Crippen LogP contribution is -2.72. The van der Waals surface area contributed by atoms with Gasteiger partial charge < -0.3 is 13.3 Å². The average Bonchev–Trinajstić information content (AvgIpc) is 2.74. The molecule has 0 aromatic rings. The van der Waals surface area contributed by atoms with E-state index in [1.807, 2.05) is 0 Å². The standard InChI is InChI=1S/C15H17F17O3SSi/c1-33-37(34-2,35-3)7-6-36-15(31,32)14(29,30)13(27,28)12(25,26)11(23,24)10(21,22)8(16,17)4-5-9(18,19)20/h4-7H2,1-3H3. The average molecular weight is 628 g/mol. The van der Waals surface area contributed by atoms with Crippen LogP contribution in [0, 0.1) is 0 Å². The monoisotopic (exact) mass is 628 g/mol. The van der Waals surface area contributed by atoms with Crippen molar-refractivity contribution in [1.29, 1.82) is 0 Å². The minimum Gasteiger partial charge on any atom is -0.377 e. The van der Waals surface area contributed by atoms with Crippen LogP contribution in [0.5, 0.6) is 0 Å². The van der Waals surface area contributed by atoms with E-state index in [9.17, 15) is 74.6 Å². The van der Waals surface area contributed by atoms with E-state index in [1.54, 1.807) is 0 Å². The first-order valence-electron chi connectivity index (χ1n) is 9.10. The van der Waals surface area contributed by atoms with Crippen LogP contribution < -0.4 is 0 Å².